The van der Waals surface area contributed by atoms with Crippen LogP contribution in [0.1, 0.15) is 15.9 Å². The van der Waals surface area contributed by atoms with Crippen molar-refractivity contribution in [3.63, 3.8) is 0 Å². The van der Waals surface area contributed by atoms with Crippen LogP contribution in [0.4, 0.5) is 0 Å². The second-order valence-electron chi connectivity index (χ2n) is 3.99. The van der Waals surface area contributed by atoms with Crippen LogP contribution in [0.25, 0.3) is 17.2 Å². The lowest BCUT2D eigenvalue weighted by Crippen LogP contribution is -2.03. The fraction of sp³-hybridized carbons (Fsp3) is 0.0625. The maximum atomic E-state index is 11.3. The van der Waals surface area contributed by atoms with E-state index < -0.39 is 6.61 Å². The van der Waals surface area contributed by atoms with Crippen LogP contribution in [-0.4, -0.2) is 17.5 Å². The van der Waals surface area contributed by atoms with E-state index in [9.17, 15) is 4.79 Å². The molecule has 2 aromatic carbocycles. The molecule has 18 heavy (non-hydrogen) atoms. The van der Waals surface area contributed by atoms with Gasteiger partial charge in [0.05, 0.1) is 0 Å². The molecule has 0 spiro atoms. The lowest BCUT2D eigenvalue weighted by molar-refractivity contribution is 0.0904. The molecule has 0 unspecified atom stereocenters. The summed E-state index contributed by atoms with van der Waals surface area (Å²) in [4.78, 5) is 11.3. The Kier molecular flexibility index (Phi) is 3.70. The first-order valence-corrected chi connectivity index (χ1v) is 5.71. The smallest absolute Gasteiger partial charge is 0.188 e. The second-order valence-corrected chi connectivity index (χ2v) is 3.99. The van der Waals surface area contributed by atoms with Crippen LogP contribution in [0.2, 0.25) is 0 Å². The summed E-state index contributed by atoms with van der Waals surface area (Å²) in [5, 5.41) is 8.78. The SMILES string of the molecule is C=Cc1cccc(-c2ccc(C(=O)CO)cc2)c1. The summed E-state index contributed by atoms with van der Waals surface area (Å²) in [7, 11) is 0. The third-order valence-electron chi connectivity index (χ3n) is 2.81. The van der Waals surface area contributed by atoms with Crippen LogP contribution in [0, 0.1) is 0 Å². The topological polar surface area (TPSA) is 37.3 Å². The predicted octanol–water partition coefficient (Wildman–Crippen LogP) is 3.17. The number of carbonyl (C=O) groups excluding carboxylic acids is 1. The molecule has 0 saturated carbocycles. The van der Waals surface area contributed by atoms with Crippen molar-refractivity contribution in [1.29, 1.82) is 0 Å². The Bertz CT molecular complexity index is 568. The number of Topliss-reactive ketones (excluding diaryl/α,β-unsaturated/α-hetero) is 1. The molecule has 0 aliphatic heterocycles. The van der Waals surface area contributed by atoms with Gasteiger partial charge in [-0.05, 0) is 22.8 Å². The lowest BCUT2D eigenvalue weighted by atomic mass is 10.0. The minimum absolute atomic E-state index is 0.263. The summed E-state index contributed by atoms with van der Waals surface area (Å²) in [6.07, 6.45) is 1.80. The van der Waals surface area contributed by atoms with Gasteiger partial charge < -0.3 is 5.11 Å². The van der Waals surface area contributed by atoms with Gasteiger partial charge in [0.1, 0.15) is 6.61 Å². The van der Waals surface area contributed by atoms with E-state index in [0.29, 0.717) is 5.56 Å². The lowest BCUT2D eigenvalue weighted by Gasteiger charge is -2.04. The van der Waals surface area contributed by atoms with Gasteiger partial charge in [-0.25, -0.2) is 0 Å². The molecule has 0 fully saturated rings. The Morgan fingerprint density at radius 3 is 2.44 bits per heavy atom. The van der Waals surface area contributed by atoms with Gasteiger partial charge in [-0.15, -0.1) is 0 Å². The number of aliphatic hydroxyl groups excluding tert-OH is 1. The van der Waals surface area contributed by atoms with Gasteiger partial charge in [0.15, 0.2) is 5.78 Å². The average Bonchev–Trinajstić information content (AvgIpc) is 2.46. The first-order chi connectivity index (χ1) is 8.74. The molecule has 0 bridgehead atoms. The van der Waals surface area contributed by atoms with Gasteiger partial charge in [-0.1, -0.05) is 55.1 Å². The summed E-state index contributed by atoms with van der Waals surface area (Å²) in [6, 6.07) is 15.2. The van der Waals surface area contributed by atoms with Crippen LogP contribution in [0.3, 0.4) is 0 Å². The number of aliphatic hydroxyl groups is 1. The van der Waals surface area contributed by atoms with Crippen molar-refractivity contribution >= 4 is 11.9 Å². The molecule has 0 heterocycles. The van der Waals surface area contributed by atoms with Crippen molar-refractivity contribution < 1.29 is 9.90 Å². The Hall–Kier alpha value is -2.19. The van der Waals surface area contributed by atoms with Gasteiger partial charge in [0.25, 0.3) is 0 Å². The number of carbonyl (C=O) groups is 1. The minimum atomic E-state index is -0.453. The molecule has 0 amide bonds. The fourth-order valence-corrected chi connectivity index (χ4v) is 1.79. The third-order valence-corrected chi connectivity index (χ3v) is 2.81. The van der Waals surface area contributed by atoms with Crippen LogP contribution in [-0.2, 0) is 0 Å². The van der Waals surface area contributed by atoms with E-state index in [2.05, 4.69) is 6.58 Å². The maximum Gasteiger partial charge on any atom is 0.188 e. The number of ketones is 1. The summed E-state index contributed by atoms with van der Waals surface area (Å²) < 4.78 is 0. The highest BCUT2D eigenvalue weighted by Gasteiger charge is 2.04. The quantitative estimate of drug-likeness (QED) is 0.831. The standard InChI is InChI=1S/C16H14O2/c1-2-12-4-3-5-15(10-12)13-6-8-14(9-7-13)16(18)11-17/h2-10,17H,1,11H2. The zero-order chi connectivity index (χ0) is 13.0. The molecule has 0 atom stereocenters. The van der Waals surface area contributed by atoms with Crippen molar-refractivity contribution in [1.82, 2.24) is 0 Å². The van der Waals surface area contributed by atoms with E-state index in [4.69, 9.17) is 5.11 Å². The molecule has 1 N–H and O–H groups in total. The predicted molar refractivity (Wildman–Crippen MR) is 73.4 cm³/mol. The molecule has 2 heteroatoms. The number of hydrogen-bond donors (Lipinski definition) is 1. The molecular weight excluding hydrogens is 224 g/mol. The van der Waals surface area contributed by atoms with Crippen LogP contribution in [0.5, 0.6) is 0 Å². The number of rotatable bonds is 4. The van der Waals surface area contributed by atoms with Gasteiger partial charge in [-0.3, -0.25) is 4.79 Å². The van der Waals surface area contributed by atoms with E-state index >= 15 is 0 Å². The third kappa shape index (κ3) is 2.55. The summed E-state index contributed by atoms with van der Waals surface area (Å²) in [5.41, 5.74) is 3.70. The normalized spacial score (nSPS) is 10.1. The Labute approximate surface area is 106 Å². The zero-order valence-corrected chi connectivity index (χ0v) is 9.97. The molecule has 2 aromatic rings. The van der Waals surface area contributed by atoms with Gasteiger partial charge in [-0.2, -0.15) is 0 Å². The van der Waals surface area contributed by atoms with Crippen molar-refractivity contribution in [2.45, 2.75) is 0 Å². The van der Waals surface area contributed by atoms with E-state index in [1.165, 1.54) is 0 Å². The molecule has 0 saturated heterocycles. The van der Waals surface area contributed by atoms with Crippen LogP contribution in [0.15, 0.2) is 55.1 Å². The van der Waals surface area contributed by atoms with E-state index in [1.54, 1.807) is 18.2 Å². The summed E-state index contributed by atoms with van der Waals surface area (Å²) >= 11 is 0. The monoisotopic (exact) mass is 238 g/mol. The van der Waals surface area contributed by atoms with E-state index in [1.807, 2.05) is 36.4 Å². The van der Waals surface area contributed by atoms with Crippen LogP contribution < -0.4 is 0 Å². The second kappa shape index (κ2) is 5.43. The first kappa shape index (κ1) is 12.3. The Balaban J connectivity index is 2.33. The molecule has 0 radical (unpaired) electrons. The maximum absolute atomic E-state index is 11.3. The Morgan fingerprint density at radius 2 is 1.83 bits per heavy atom. The highest BCUT2D eigenvalue weighted by Crippen LogP contribution is 2.21. The average molecular weight is 238 g/mol. The van der Waals surface area contributed by atoms with Gasteiger partial charge in [0, 0.05) is 5.56 Å². The summed E-state index contributed by atoms with van der Waals surface area (Å²) in [6.45, 7) is 3.29. The van der Waals surface area contributed by atoms with Crippen LogP contribution >= 0.6 is 0 Å². The highest BCUT2D eigenvalue weighted by atomic mass is 16.3. The highest BCUT2D eigenvalue weighted by molar-refractivity contribution is 5.97. The van der Waals surface area contributed by atoms with Crippen molar-refractivity contribution in [3.05, 3.63) is 66.2 Å². The van der Waals surface area contributed by atoms with E-state index in [-0.39, 0.29) is 5.78 Å². The fourth-order valence-electron chi connectivity index (χ4n) is 1.79. The van der Waals surface area contributed by atoms with Crippen molar-refractivity contribution in [2.75, 3.05) is 6.61 Å². The molecule has 0 aliphatic carbocycles. The number of benzene rings is 2. The van der Waals surface area contributed by atoms with Gasteiger partial charge in [0.2, 0.25) is 0 Å². The Morgan fingerprint density at radius 1 is 1.11 bits per heavy atom. The molecule has 90 valence electrons. The molecule has 0 aromatic heterocycles. The van der Waals surface area contributed by atoms with Crippen molar-refractivity contribution in [2.24, 2.45) is 0 Å². The minimum Gasteiger partial charge on any atom is -0.388 e. The molecular formula is C16H14O2. The van der Waals surface area contributed by atoms with Crippen molar-refractivity contribution in [3.8, 4) is 11.1 Å². The first-order valence-electron chi connectivity index (χ1n) is 5.71. The van der Waals surface area contributed by atoms with E-state index in [0.717, 1.165) is 16.7 Å². The zero-order valence-electron chi connectivity index (χ0n) is 9.97. The molecule has 2 nitrogen and oxygen atoms in total. The molecule has 2 rings (SSSR count). The largest absolute Gasteiger partial charge is 0.388 e. The number of hydrogen-bond acceptors (Lipinski definition) is 2. The molecule has 0 aliphatic rings. The van der Waals surface area contributed by atoms with Gasteiger partial charge >= 0.3 is 0 Å². The summed E-state index contributed by atoms with van der Waals surface area (Å²) in [5.74, 6) is -0.263.